The van der Waals surface area contributed by atoms with Crippen molar-refractivity contribution < 1.29 is 0 Å². The molecule has 0 aliphatic heterocycles. The third-order valence-electron chi connectivity index (χ3n) is 15.1. The quantitative estimate of drug-likeness (QED) is 0.153. The van der Waals surface area contributed by atoms with E-state index in [4.69, 9.17) is 0 Å². The van der Waals surface area contributed by atoms with Crippen molar-refractivity contribution in [3.63, 3.8) is 0 Å². The number of hydrogen-bond acceptors (Lipinski definition) is 0. The van der Waals surface area contributed by atoms with Gasteiger partial charge in [0.1, 0.15) is 0 Å². The topological polar surface area (TPSA) is 9.86 Å². The van der Waals surface area contributed by atoms with Crippen LogP contribution in [0.25, 0.3) is 101 Å². The van der Waals surface area contributed by atoms with Crippen molar-refractivity contribution in [3.8, 4) is 44.8 Å². The number of aryl methyl sites for hydroxylation is 2. The summed E-state index contributed by atoms with van der Waals surface area (Å²) >= 11 is 0. The minimum Gasteiger partial charge on any atom is -0.309 e. The van der Waals surface area contributed by atoms with E-state index in [-0.39, 0.29) is 10.8 Å². The first-order chi connectivity index (χ1) is 32.0. The number of nitrogens with zero attached hydrogens (tertiary/aromatic N) is 2. The first-order valence-corrected chi connectivity index (χ1v) is 23.4. The lowest BCUT2D eigenvalue weighted by Crippen LogP contribution is -2.17. The Bertz CT molecular complexity index is 3860. The molecule has 2 aliphatic carbocycles. The predicted octanol–water partition coefficient (Wildman–Crippen LogP) is 16.9. The van der Waals surface area contributed by atoms with Crippen LogP contribution in [0.15, 0.2) is 182 Å². The zero-order valence-corrected chi connectivity index (χ0v) is 38.4. The lowest BCUT2D eigenvalue weighted by molar-refractivity contribution is 0.652. The Labute approximate surface area is 386 Å². The van der Waals surface area contributed by atoms with E-state index in [0.29, 0.717) is 0 Å². The van der Waals surface area contributed by atoms with Gasteiger partial charge < -0.3 is 9.13 Å². The first-order valence-electron chi connectivity index (χ1n) is 23.4. The molecule has 0 N–H and O–H groups in total. The SMILES string of the molecule is Cc1cc(C)cc(-n2c3ccccc3c3cc(-c4ccc5c(c4)C(C)(C)c4cc6c(cc4-5)C(C)(C)c4cc(C=Cc5ccc7c(c5)c5ccccc5n7-c5ccccc5)ccc4-6)ccc32)c1. The van der Waals surface area contributed by atoms with Gasteiger partial charge in [0.15, 0.2) is 0 Å². The van der Waals surface area contributed by atoms with Crippen LogP contribution in [0.5, 0.6) is 0 Å². The largest absolute Gasteiger partial charge is 0.309 e. The molecule has 9 aromatic carbocycles. The summed E-state index contributed by atoms with van der Waals surface area (Å²) in [5.41, 5.74) is 25.6. The van der Waals surface area contributed by atoms with Crippen LogP contribution in [0.4, 0.5) is 0 Å². The number of rotatable bonds is 5. The van der Waals surface area contributed by atoms with Gasteiger partial charge in [-0.15, -0.1) is 0 Å². The Morgan fingerprint density at radius 2 is 0.788 bits per heavy atom. The molecule has 0 saturated carbocycles. The van der Waals surface area contributed by atoms with E-state index in [1.54, 1.807) is 0 Å². The summed E-state index contributed by atoms with van der Waals surface area (Å²) in [6.45, 7) is 14.0. The molecule has 2 heterocycles. The molecule has 2 nitrogen and oxygen atoms in total. The molecule has 13 rings (SSSR count). The molecule has 66 heavy (non-hydrogen) atoms. The van der Waals surface area contributed by atoms with Gasteiger partial charge in [-0.3, -0.25) is 0 Å². The Morgan fingerprint density at radius 3 is 1.44 bits per heavy atom. The summed E-state index contributed by atoms with van der Waals surface area (Å²) in [7, 11) is 0. The lowest BCUT2D eigenvalue weighted by Gasteiger charge is -2.24. The fraction of sp³-hybridized carbons (Fsp3) is 0.125. The number of hydrogen-bond donors (Lipinski definition) is 0. The number of benzene rings is 9. The minimum absolute atomic E-state index is 0.139. The van der Waals surface area contributed by atoms with Crippen molar-refractivity contribution in [3.05, 3.63) is 226 Å². The second kappa shape index (κ2) is 13.9. The fourth-order valence-corrected chi connectivity index (χ4v) is 11.9. The molecule has 0 saturated heterocycles. The van der Waals surface area contributed by atoms with Crippen molar-refractivity contribution in [2.45, 2.75) is 52.4 Å². The molecule has 0 fully saturated rings. The Balaban J connectivity index is 0.835. The highest BCUT2D eigenvalue weighted by atomic mass is 15.0. The molecule has 2 aromatic heterocycles. The molecule has 2 heteroatoms. The van der Waals surface area contributed by atoms with E-state index in [1.165, 1.54) is 133 Å². The summed E-state index contributed by atoms with van der Waals surface area (Å²) in [6, 6.07) is 68.4. The van der Waals surface area contributed by atoms with Crippen LogP contribution in [0.1, 0.15) is 72.2 Å². The number of aromatic nitrogens is 2. The Kier molecular flexibility index (Phi) is 8.17. The van der Waals surface area contributed by atoms with Gasteiger partial charge in [0.2, 0.25) is 0 Å². The van der Waals surface area contributed by atoms with E-state index < -0.39 is 0 Å². The first kappa shape index (κ1) is 38.8. The van der Waals surface area contributed by atoms with Crippen molar-refractivity contribution in [1.29, 1.82) is 0 Å². The molecule has 2 aliphatic rings. The van der Waals surface area contributed by atoms with Crippen LogP contribution in [-0.4, -0.2) is 9.13 Å². The average molecular weight is 847 g/mol. The van der Waals surface area contributed by atoms with Gasteiger partial charge in [0, 0.05) is 43.7 Å². The van der Waals surface area contributed by atoms with Crippen LogP contribution in [0, 0.1) is 13.8 Å². The summed E-state index contributed by atoms with van der Waals surface area (Å²) in [5, 5.41) is 5.11. The minimum atomic E-state index is -0.150. The Hall–Kier alpha value is -7.68. The van der Waals surface area contributed by atoms with E-state index in [2.05, 4.69) is 245 Å². The van der Waals surface area contributed by atoms with Crippen molar-refractivity contribution >= 4 is 55.8 Å². The third kappa shape index (κ3) is 5.61. The Morgan fingerprint density at radius 1 is 0.333 bits per heavy atom. The summed E-state index contributed by atoms with van der Waals surface area (Å²) in [5.74, 6) is 0. The van der Waals surface area contributed by atoms with Crippen molar-refractivity contribution in [1.82, 2.24) is 9.13 Å². The maximum absolute atomic E-state index is 2.53. The van der Waals surface area contributed by atoms with Gasteiger partial charge in [0.25, 0.3) is 0 Å². The van der Waals surface area contributed by atoms with Crippen molar-refractivity contribution in [2.75, 3.05) is 0 Å². The van der Waals surface area contributed by atoms with Crippen LogP contribution in [-0.2, 0) is 10.8 Å². The summed E-state index contributed by atoms with van der Waals surface area (Å²) in [4.78, 5) is 0. The molecule has 0 radical (unpaired) electrons. The molecule has 0 atom stereocenters. The van der Waals surface area contributed by atoms with Crippen LogP contribution < -0.4 is 0 Å². The number of fused-ring (bicyclic) bond motifs is 12. The van der Waals surface area contributed by atoms with Gasteiger partial charge >= 0.3 is 0 Å². The van der Waals surface area contributed by atoms with Crippen LogP contribution in [0.2, 0.25) is 0 Å². The highest BCUT2D eigenvalue weighted by Crippen LogP contribution is 2.56. The standard InChI is InChI=1S/C64H50N2/c1-39-30-40(2)32-46(31-39)66-60-19-13-11-17-50(60)54-35-43(25-29-62(54)66)44-24-27-48-52-38-57-51(37-58(52)64(5,6)56(48)36-44)47-26-22-42(34-55(47)63(57,3)4)21-20-41-23-28-61-53(33-41)49-16-10-12-18-59(49)65(61)45-14-8-7-9-15-45/h7-38H,1-6H3. The highest BCUT2D eigenvalue weighted by molar-refractivity contribution is 6.11. The predicted molar refractivity (Wildman–Crippen MR) is 281 cm³/mol. The molecule has 0 unspecified atom stereocenters. The van der Waals surface area contributed by atoms with E-state index in [9.17, 15) is 0 Å². The number of para-hydroxylation sites is 3. The van der Waals surface area contributed by atoms with Gasteiger partial charge in [-0.2, -0.15) is 0 Å². The van der Waals surface area contributed by atoms with E-state index in [1.807, 2.05) is 0 Å². The molecule has 0 spiro atoms. The smallest absolute Gasteiger partial charge is 0.0541 e. The second-order valence-corrected chi connectivity index (χ2v) is 20.0. The maximum atomic E-state index is 2.53. The highest BCUT2D eigenvalue weighted by Gasteiger charge is 2.42. The van der Waals surface area contributed by atoms with Crippen molar-refractivity contribution in [2.24, 2.45) is 0 Å². The zero-order valence-electron chi connectivity index (χ0n) is 38.4. The average Bonchev–Trinajstić information content (AvgIpc) is 3.98. The van der Waals surface area contributed by atoms with Crippen LogP contribution >= 0.6 is 0 Å². The molecular weight excluding hydrogens is 797 g/mol. The molecule has 0 amide bonds. The second-order valence-electron chi connectivity index (χ2n) is 20.0. The van der Waals surface area contributed by atoms with Gasteiger partial charge in [-0.25, -0.2) is 0 Å². The molecule has 0 bridgehead atoms. The van der Waals surface area contributed by atoms with E-state index >= 15 is 0 Å². The molecule has 316 valence electrons. The van der Waals surface area contributed by atoms with Crippen LogP contribution in [0.3, 0.4) is 0 Å². The fourth-order valence-electron chi connectivity index (χ4n) is 11.9. The lowest BCUT2D eigenvalue weighted by atomic mass is 9.79. The molecule has 11 aromatic rings. The van der Waals surface area contributed by atoms with E-state index in [0.717, 1.165) is 0 Å². The van der Waals surface area contributed by atoms with Gasteiger partial charge in [-0.1, -0.05) is 143 Å². The monoisotopic (exact) mass is 846 g/mol. The third-order valence-corrected chi connectivity index (χ3v) is 15.1. The maximum Gasteiger partial charge on any atom is 0.0541 e. The summed E-state index contributed by atoms with van der Waals surface area (Å²) in [6.07, 6.45) is 4.56. The zero-order chi connectivity index (χ0) is 44.6. The summed E-state index contributed by atoms with van der Waals surface area (Å²) < 4.78 is 4.81. The van der Waals surface area contributed by atoms with Gasteiger partial charge in [-0.05, 0) is 171 Å². The van der Waals surface area contributed by atoms with Gasteiger partial charge in [0.05, 0.1) is 22.1 Å². The normalized spacial score (nSPS) is 14.4. The molecular formula is C64H50N2.